The number of nitrogens with one attached hydrogen (secondary N) is 1. The average Bonchev–Trinajstić information content (AvgIpc) is 2.40. The zero-order chi connectivity index (χ0) is 14.1. The van der Waals surface area contributed by atoms with E-state index in [2.05, 4.69) is 36.5 Å². The van der Waals surface area contributed by atoms with Crippen molar-refractivity contribution in [3.8, 4) is 0 Å². The third kappa shape index (κ3) is 6.64. The normalized spacial score (nSPS) is 12.2. The van der Waals surface area contributed by atoms with E-state index >= 15 is 0 Å². The predicted octanol–water partition coefficient (Wildman–Crippen LogP) is 2.51. The fourth-order valence-corrected chi connectivity index (χ4v) is 2.55. The summed E-state index contributed by atoms with van der Waals surface area (Å²) >= 11 is 1.62. The van der Waals surface area contributed by atoms with E-state index < -0.39 is 0 Å². The molecule has 1 amide bonds. The Labute approximate surface area is 119 Å². The van der Waals surface area contributed by atoms with E-state index in [0.717, 1.165) is 12.2 Å². The number of aryl methyl sites for hydroxylation is 1. The van der Waals surface area contributed by atoms with E-state index in [-0.39, 0.29) is 18.6 Å². The van der Waals surface area contributed by atoms with Crippen molar-refractivity contribution in [3.63, 3.8) is 0 Å². The molecule has 2 N–H and O–H groups in total. The van der Waals surface area contributed by atoms with Crippen LogP contribution in [0.3, 0.4) is 0 Å². The molecule has 0 radical (unpaired) electrons. The van der Waals surface area contributed by atoms with Crippen molar-refractivity contribution in [2.24, 2.45) is 0 Å². The third-order valence-electron chi connectivity index (χ3n) is 2.96. The van der Waals surface area contributed by atoms with Crippen molar-refractivity contribution in [1.82, 2.24) is 5.32 Å². The van der Waals surface area contributed by atoms with E-state index in [1.807, 2.05) is 6.92 Å². The molecule has 1 aromatic rings. The van der Waals surface area contributed by atoms with Crippen LogP contribution < -0.4 is 5.32 Å². The SMILES string of the molecule is CCC(CCO)NC(=O)CSCc1ccc(C)cc1. The smallest absolute Gasteiger partial charge is 0.230 e. The van der Waals surface area contributed by atoms with Crippen LogP contribution in [0.4, 0.5) is 0 Å². The second-order valence-corrected chi connectivity index (χ2v) is 5.65. The molecule has 0 fully saturated rings. The highest BCUT2D eigenvalue weighted by Crippen LogP contribution is 2.12. The van der Waals surface area contributed by atoms with E-state index in [0.29, 0.717) is 12.2 Å². The maximum Gasteiger partial charge on any atom is 0.230 e. The number of thioether (sulfide) groups is 1. The molecule has 1 unspecified atom stereocenters. The van der Waals surface area contributed by atoms with Gasteiger partial charge in [-0.05, 0) is 25.3 Å². The summed E-state index contributed by atoms with van der Waals surface area (Å²) < 4.78 is 0. The predicted molar refractivity (Wildman–Crippen MR) is 81.3 cm³/mol. The van der Waals surface area contributed by atoms with Crippen LogP contribution in [0.5, 0.6) is 0 Å². The first-order valence-electron chi connectivity index (χ1n) is 6.69. The second-order valence-electron chi connectivity index (χ2n) is 4.66. The largest absolute Gasteiger partial charge is 0.396 e. The van der Waals surface area contributed by atoms with Crippen LogP contribution >= 0.6 is 11.8 Å². The molecule has 0 aromatic heterocycles. The molecular formula is C15H23NO2S. The van der Waals surface area contributed by atoms with Gasteiger partial charge in [0.2, 0.25) is 5.91 Å². The number of aliphatic hydroxyl groups excluding tert-OH is 1. The summed E-state index contributed by atoms with van der Waals surface area (Å²) in [6.45, 7) is 4.20. The lowest BCUT2D eigenvalue weighted by Crippen LogP contribution is -2.36. The van der Waals surface area contributed by atoms with Crippen molar-refractivity contribution >= 4 is 17.7 Å². The highest BCUT2D eigenvalue weighted by atomic mass is 32.2. The van der Waals surface area contributed by atoms with E-state index in [4.69, 9.17) is 5.11 Å². The lowest BCUT2D eigenvalue weighted by atomic mass is 10.1. The molecule has 0 bridgehead atoms. The number of hydrogen-bond acceptors (Lipinski definition) is 3. The zero-order valence-electron chi connectivity index (χ0n) is 11.7. The summed E-state index contributed by atoms with van der Waals surface area (Å²) in [6.07, 6.45) is 1.49. The van der Waals surface area contributed by atoms with Crippen molar-refractivity contribution in [1.29, 1.82) is 0 Å². The molecule has 1 aromatic carbocycles. The first-order valence-corrected chi connectivity index (χ1v) is 7.84. The molecule has 0 aliphatic heterocycles. The third-order valence-corrected chi connectivity index (χ3v) is 3.96. The van der Waals surface area contributed by atoms with Gasteiger partial charge in [0.1, 0.15) is 0 Å². The number of rotatable bonds is 8. The minimum Gasteiger partial charge on any atom is -0.396 e. The molecule has 1 rings (SSSR count). The topological polar surface area (TPSA) is 49.3 Å². The number of carbonyl (C=O) groups is 1. The molecule has 1 atom stereocenters. The Hall–Kier alpha value is -1.00. The summed E-state index contributed by atoms with van der Waals surface area (Å²) in [7, 11) is 0. The summed E-state index contributed by atoms with van der Waals surface area (Å²) in [4.78, 5) is 11.7. The van der Waals surface area contributed by atoms with Crippen molar-refractivity contribution in [2.75, 3.05) is 12.4 Å². The molecular weight excluding hydrogens is 258 g/mol. The van der Waals surface area contributed by atoms with Gasteiger partial charge < -0.3 is 10.4 Å². The molecule has 3 nitrogen and oxygen atoms in total. The monoisotopic (exact) mass is 281 g/mol. The highest BCUT2D eigenvalue weighted by molar-refractivity contribution is 7.99. The zero-order valence-corrected chi connectivity index (χ0v) is 12.5. The fourth-order valence-electron chi connectivity index (χ4n) is 1.75. The van der Waals surface area contributed by atoms with Gasteiger partial charge in [0.25, 0.3) is 0 Å². The van der Waals surface area contributed by atoms with Crippen molar-refractivity contribution < 1.29 is 9.90 Å². The number of benzene rings is 1. The molecule has 0 aliphatic carbocycles. The Morgan fingerprint density at radius 3 is 2.63 bits per heavy atom. The number of hydrogen-bond donors (Lipinski definition) is 2. The maximum atomic E-state index is 11.7. The van der Waals surface area contributed by atoms with Gasteiger partial charge >= 0.3 is 0 Å². The average molecular weight is 281 g/mol. The lowest BCUT2D eigenvalue weighted by Gasteiger charge is -2.15. The van der Waals surface area contributed by atoms with Crippen LogP contribution in [0.2, 0.25) is 0 Å². The van der Waals surface area contributed by atoms with E-state index in [9.17, 15) is 4.79 Å². The Bertz CT molecular complexity index is 378. The van der Waals surface area contributed by atoms with Crippen molar-refractivity contribution in [3.05, 3.63) is 35.4 Å². The van der Waals surface area contributed by atoms with Gasteiger partial charge in [-0.1, -0.05) is 36.8 Å². The second kappa shape index (κ2) is 8.99. The molecule has 19 heavy (non-hydrogen) atoms. The highest BCUT2D eigenvalue weighted by Gasteiger charge is 2.09. The molecule has 0 spiro atoms. The van der Waals surface area contributed by atoms with Gasteiger partial charge in [0, 0.05) is 18.4 Å². The summed E-state index contributed by atoms with van der Waals surface area (Å²) in [5, 5.41) is 11.8. The van der Waals surface area contributed by atoms with Crippen LogP contribution in [-0.4, -0.2) is 29.4 Å². The fraction of sp³-hybridized carbons (Fsp3) is 0.533. The molecule has 0 saturated carbocycles. The van der Waals surface area contributed by atoms with Crippen LogP contribution in [0.1, 0.15) is 30.9 Å². The van der Waals surface area contributed by atoms with Gasteiger partial charge in [-0.15, -0.1) is 11.8 Å². The molecule has 106 valence electrons. The van der Waals surface area contributed by atoms with Gasteiger partial charge in [-0.25, -0.2) is 0 Å². The number of aliphatic hydroxyl groups is 1. The van der Waals surface area contributed by atoms with Gasteiger partial charge in [-0.3, -0.25) is 4.79 Å². The molecule has 0 saturated heterocycles. The number of amides is 1. The van der Waals surface area contributed by atoms with E-state index in [1.165, 1.54) is 11.1 Å². The van der Waals surface area contributed by atoms with Gasteiger partial charge in [-0.2, -0.15) is 0 Å². The number of carbonyl (C=O) groups excluding carboxylic acids is 1. The van der Waals surface area contributed by atoms with Crippen LogP contribution in [-0.2, 0) is 10.5 Å². The summed E-state index contributed by atoms with van der Waals surface area (Å²) in [5.74, 6) is 1.37. The Morgan fingerprint density at radius 1 is 1.37 bits per heavy atom. The minimum absolute atomic E-state index is 0.0532. The summed E-state index contributed by atoms with van der Waals surface area (Å²) in [6, 6.07) is 8.47. The Morgan fingerprint density at radius 2 is 2.05 bits per heavy atom. The minimum atomic E-state index is 0.0532. The Kier molecular flexibility index (Phi) is 7.60. The van der Waals surface area contributed by atoms with Gasteiger partial charge in [0.15, 0.2) is 0 Å². The summed E-state index contributed by atoms with van der Waals surface area (Å²) in [5.41, 5.74) is 2.49. The standard InChI is InChI=1S/C15H23NO2S/c1-3-14(8-9-17)16-15(18)11-19-10-13-6-4-12(2)5-7-13/h4-7,14,17H,3,8-11H2,1-2H3,(H,16,18). The molecule has 0 heterocycles. The molecule has 4 heteroatoms. The van der Waals surface area contributed by atoms with E-state index in [1.54, 1.807) is 11.8 Å². The van der Waals surface area contributed by atoms with Gasteiger partial charge in [0.05, 0.1) is 5.75 Å². The lowest BCUT2D eigenvalue weighted by molar-refractivity contribution is -0.119. The Balaban J connectivity index is 2.24. The van der Waals surface area contributed by atoms with Crippen molar-refractivity contribution in [2.45, 2.75) is 38.5 Å². The quantitative estimate of drug-likeness (QED) is 0.770. The first-order chi connectivity index (χ1) is 9.15. The van der Waals surface area contributed by atoms with Crippen LogP contribution in [0, 0.1) is 6.92 Å². The van der Waals surface area contributed by atoms with Crippen LogP contribution in [0.15, 0.2) is 24.3 Å². The first kappa shape index (κ1) is 16.1. The van der Waals surface area contributed by atoms with Crippen LogP contribution in [0.25, 0.3) is 0 Å². The maximum absolute atomic E-state index is 11.7. The molecule has 0 aliphatic rings.